The molecule has 1 saturated carbocycles. The number of rotatable bonds is 6. The summed E-state index contributed by atoms with van der Waals surface area (Å²) < 4.78 is 0. The predicted molar refractivity (Wildman–Crippen MR) is 91.9 cm³/mol. The van der Waals surface area contributed by atoms with Gasteiger partial charge in [0.2, 0.25) is 0 Å². The summed E-state index contributed by atoms with van der Waals surface area (Å²) in [6.07, 6.45) is 8.46. The van der Waals surface area contributed by atoms with Gasteiger partial charge in [-0.05, 0) is 62.1 Å². The Kier molecular flexibility index (Phi) is 5.73. The zero-order valence-corrected chi connectivity index (χ0v) is 14.2. The first-order chi connectivity index (χ1) is 10.3. The van der Waals surface area contributed by atoms with Crippen LogP contribution in [0.5, 0.6) is 0 Å². The van der Waals surface area contributed by atoms with E-state index in [1.54, 1.807) is 4.88 Å². The fraction of sp³-hybridized carbons (Fsp3) is 0.778. The van der Waals surface area contributed by atoms with E-state index in [0.717, 1.165) is 18.4 Å². The van der Waals surface area contributed by atoms with E-state index in [0.29, 0.717) is 6.04 Å². The molecular formula is C18H30N2S. The Labute approximate surface area is 133 Å². The van der Waals surface area contributed by atoms with Crippen LogP contribution in [0.3, 0.4) is 0 Å². The summed E-state index contributed by atoms with van der Waals surface area (Å²) in [5.74, 6) is 1.80. The van der Waals surface area contributed by atoms with Gasteiger partial charge in [0.25, 0.3) is 0 Å². The van der Waals surface area contributed by atoms with Crippen LogP contribution in [0.2, 0.25) is 0 Å². The maximum atomic E-state index is 3.89. The number of hydrogen-bond donors (Lipinski definition) is 1. The summed E-state index contributed by atoms with van der Waals surface area (Å²) in [4.78, 5) is 4.20. The summed E-state index contributed by atoms with van der Waals surface area (Å²) in [7, 11) is 0. The van der Waals surface area contributed by atoms with Crippen molar-refractivity contribution in [1.82, 2.24) is 10.2 Å². The Morgan fingerprint density at radius 2 is 2.00 bits per heavy atom. The van der Waals surface area contributed by atoms with E-state index in [-0.39, 0.29) is 0 Å². The fourth-order valence-electron chi connectivity index (χ4n) is 3.92. The molecule has 2 fully saturated rings. The first-order valence-electron chi connectivity index (χ1n) is 8.82. The number of nitrogens with zero attached hydrogens (tertiary/aromatic N) is 1. The molecule has 0 spiro atoms. The van der Waals surface area contributed by atoms with Gasteiger partial charge in [-0.3, -0.25) is 0 Å². The molecule has 1 aliphatic heterocycles. The highest BCUT2D eigenvalue weighted by Crippen LogP contribution is 2.37. The highest BCUT2D eigenvalue weighted by Gasteiger charge is 2.26. The highest BCUT2D eigenvalue weighted by molar-refractivity contribution is 7.10. The topological polar surface area (TPSA) is 15.3 Å². The lowest BCUT2D eigenvalue weighted by molar-refractivity contribution is 0.188. The monoisotopic (exact) mass is 306 g/mol. The first kappa shape index (κ1) is 15.5. The smallest absolute Gasteiger partial charge is 0.0443 e. The van der Waals surface area contributed by atoms with Crippen molar-refractivity contribution >= 4 is 11.3 Å². The molecule has 1 aromatic heterocycles. The van der Waals surface area contributed by atoms with Crippen LogP contribution in [0, 0.1) is 11.8 Å². The molecule has 0 aromatic carbocycles. The van der Waals surface area contributed by atoms with Gasteiger partial charge in [-0.1, -0.05) is 25.8 Å². The molecule has 0 radical (unpaired) electrons. The minimum Gasteiger partial charge on any atom is -0.308 e. The van der Waals surface area contributed by atoms with Crippen molar-refractivity contribution in [2.24, 2.45) is 11.8 Å². The second kappa shape index (κ2) is 7.75. The van der Waals surface area contributed by atoms with Crippen LogP contribution in [0.4, 0.5) is 0 Å². The second-order valence-corrected chi connectivity index (χ2v) is 8.00. The van der Waals surface area contributed by atoms with E-state index in [1.165, 1.54) is 58.2 Å². The Bertz CT molecular complexity index is 389. The van der Waals surface area contributed by atoms with Crippen LogP contribution in [0.15, 0.2) is 17.5 Å². The summed E-state index contributed by atoms with van der Waals surface area (Å²) in [6, 6.07) is 5.13. The summed E-state index contributed by atoms with van der Waals surface area (Å²) in [6.45, 7) is 7.36. The van der Waals surface area contributed by atoms with Gasteiger partial charge < -0.3 is 10.2 Å². The lowest BCUT2D eigenvalue weighted by atomic mass is 9.96. The SMILES string of the molecule is CC1CCN(CCNC(c2cccs2)C2CCCC2)CC1. The van der Waals surface area contributed by atoms with Gasteiger partial charge in [-0.15, -0.1) is 11.3 Å². The molecule has 2 aliphatic rings. The number of likely N-dealkylation sites (tertiary alicyclic amines) is 1. The lowest BCUT2D eigenvalue weighted by Crippen LogP contribution is -2.39. The van der Waals surface area contributed by atoms with Gasteiger partial charge in [0.15, 0.2) is 0 Å². The Balaban J connectivity index is 1.48. The van der Waals surface area contributed by atoms with Gasteiger partial charge in [0, 0.05) is 24.0 Å². The molecule has 118 valence electrons. The third-order valence-corrected chi connectivity index (χ3v) is 6.34. The minimum atomic E-state index is 0.608. The normalized spacial score (nSPS) is 23.7. The van der Waals surface area contributed by atoms with Crippen molar-refractivity contribution in [3.63, 3.8) is 0 Å². The molecule has 21 heavy (non-hydrogen) atoms. The molecule has 1 saturated heterocycles. The van der Waals surface area contributed by atoms with Crippen molar-refractivity contribution in [2.75, 3.05) is 26.2 Å². The molecule has 0 amide bonds. The van der Waals surface area contributed by atoms with Crippen molar-refractivity contribution in [1.29, 1.82) is 0 Å². The van der Waals surface area contributed by atoms with E-state index in [2.05, 4.69) is 34.7 Å². The average molecular weight is 307 g/mol. The minimum absolute atomic E-state index is 0.608. The number of piperidine rings is 1. The molecule has 1 aliphatic carbocycles. The number of hydrogen-bond acceptors (Lipinski definition) is 3. The largest absolute Gasteiger partial charge is 0.308 e. The molecule has 0 bridgehead atoms. The zero-order chi connectivity index (χ0) is 14.5. The molecule has 3 heteroatoms. The van der Waals surface area contributed by atoms with Gasteiger partial charge >= 0.3 is 0 Å². The lowest BCUT2D eigenvalue weighted by Gasteiger charge is -2.31. The third kappa shape index (κ3) is 4.30. The van der Waals surface area contributed by atoms with E-state index < -0.39 is 0 Å². The van der Waals surface area contributed by atoms with Crippen LogP contribution < -0.4 is 5.32 Å². The molecular weight excluding hydrogens is 276 g/mol. The number of nitrogens with one attached hydrogen (secondary N) is 1. The summed E-state index contributed by atoms with van der Waals surface area (Å²) >= 11 is 1.93. The molecule has 1 unspecified atom stereocenters. The molecule has 2 heterocycles. The maximum absolute atomic E-state index is 3.89. The van der Waals surface area contributed by atoms with Crippen LogP contribution in [0.25, 0.3) is 0 Å². The summed E-state index contributed by atoms with van der Waals surface area (Å²) in [5.41, 5.74) is 0. The Morgan fingerprint density at radius 1 is 1.24 bits per heavy atom. The van der Waals surface area contributed by atoms with Crippen LogP contribution in [-0.4, -0.2) is 31.1 Å². The second-order valence-electron chi connectivity index (χ2n) is 7.02. The van der Waals surface area contributed by atoms with Crippen molar-refractivity contribution in [3.8, 4) is 0 Å². The fourth-order valence-corrected chi connectivity index (χ4v) is 4.82. The number of thiophene rings is 1. The third-order valence-electron chi connectivity index (χ3n) is 5.39. The summed E-state index contributed by atoms with van der Waals surface area (Å²) in [5, 5.41) is 6.12. The van der Waals surface area contributed by atoms with Crippen LogP contribution in [-0.2, 0) is 0 Å². The molecule has 3 rings (SSSR count). The molecule has 1 N–H and O–H groups in total. The molecule has 2 nitrogen and oxygen atoms in total. The van der Waals surface area contributed by atoms with Crippen LogP contribution >= 0.6 is 11.3 Å². The Hall–Kier alpha value is -0.380. The van der Waals surface area contributed by atoms with Crippen molar-refractivity contribution in [2.45, 2.75) is 51.5 Å². The van der Waals surface area contributed by atoms with E-state index in [1.807, 2.05) is 11.3 Å². The predicted octanol–water partition coefficient (Wildman–Crippen LogP) is 4.30. The van der Waals surface area contributed by atoms with Gasteiger partial charge in [0.1, 0.15) is 0 Å². The van der Waals surface area contributed by atoms with Gasteiger partial charge in [-0.2, -0.15) is 0 Å². The van der Waals surface area contributed by atoms with Crippen LogP contribution in [0.1, 0.15) is 56.4 Å². The van der Waals surface area contributed by atoms with E-state index in [4.69, 9.17) is 0 Å². The Morgan fingerprint density at radius 3 is 2.67 bits per heavy atom. The van der Waals surface area contributed by atoms with E-state index in [9.17, 15) is 0 Å². The highest BCUT2D eigenvalue weighted by atomic mass is 32.1. The molecule has 1 atom stereocenters. The average Bonchev–Trinajstić information content (AvgIpc) is 3.19. The van der Waals surface area contributed by atoms with Crippen molar-refractivity contribution < 1.29 is 0 Å². The first-order valence-corrected chi connectivity index (χ1v) is 9.70. The quantitative estimate of drug-likeness (QED) is 0.843. The molecule has 1 aromatic rings. The maximum Gasteiger partial charge on any atom is 0.0443 e. The standard InChI is InChI=1S/C18H30N2S/c1-15-8-11-20(12-9-15)13-10-19-18(16-5-2-3-6-16)17-7-4-14-21-17/h4,7,14-16,18-19H,2-3,5-6,8-13H2,1H3. The van der Waals surface area contributed by atoms with E-state index >= 15 is 0 Å². The van der Waals surface area contributed by atoms with Crippen molar-refractivity contribution in [3.05, 3.63) is 22.4 Å². The zero-order valence-electron chi connectivity index (χ0n) is 13.4. The van der Waals surface area contributed by atoms with Gasteiger partial charge in [0.05, 0.1) is 0 Å². The van der Waals surface area contributed by atoms with Gasteiger partial charge in [-0.25, -0.2) is 0 Å².